The van der Waals surface area contributed by atoms with Gasteiger partial charge < -0.3 is 28.8 Å². The van der Waals surface area contributed by atoms with Crippen molar-refractivity contribution in [1.82, 2.24) is 0 Å². The van der Waals surface area contributed by atoms with Crippen molar-refractivity contribution in [3.05, 3.63) is 108 Å². The van der Waals surface area contributed by atoms with Gasteiger partial charge in [-0.1, -0.05) is 117 Å². The van der Waals surface area contributed by atoms with Crippen LogP contribution >= 0.6 is 0 Å². The van der Waals surface area contributed by atoms with Crippen LogP contribution in [0, 0.1) is 11.5 Å². The quantitative estimate of drug-likeness (QED) is 0.252. The van der Waals surface area contributed by atoms with Crippen molar-refractivity contribution in [3.8, 4) is 11.5 Å². The minimum absolute atomic E-state index is 0.313. The lowest BCUT2D eigenvalue weighted by Crippen LogP contribution is -2.63. The summed E-state index contributed by atoms with van der Waals surface area (Å²) >= 11 is 0. The summed E-state index contributed by atoms with van der Waals surface area (Å²) in [6, 6.07) is 29.8. The third kappa shape index (κ3) is 8.85. The molecule has 0 aliphatic carbocycles. The molecule has 3 aromatic carbocycles. The molecular weight excluding hydrogens is 520 g/mol. The van der Waals surface area contributed by atoms with Gasteiger partial charge in [0, 0.05) is 7.11 Å². The normalized spacial score (nSPS) is 23.7. The second-order valence-corrected chi connectivity index (χ2v) is 15.7. The number of hydrogen-bond acceptors (Lipinski definition) is 6. The molecule has 0 aromatic heterocycles. The summed E-state index contributed by atoms with van der Waals surface area (Å²) in [5.41, 5.74) is 6.30. The maximum atomic E-state index is 11.3. The van der Waals surface area contributed by atoms with Crippen LogP contribution in [-0.4, -0.2) is 57.1 Å². The van der Waals surface area contributed by atoms with Crippen molar-refractivity contribution in [2.45, 2.75) is 76.3 Å². The smallest absolute Gasteiger partial charge is 0.186 e. The first kappa shape index (κ1) is 30.2. The fourth-order valence-electron chi connectivity index (χ4n) is 4.51. The van der Waals surface area contributed by atoms with E-state index in [2.05, 4.69) is 31.1 Å². The number of hydrogen-bond donors (Lipinski definition) is 1. The van der Waals surface area contributed by atoms with Crippen molar-refractivity contribution in [3.63, 3.8) is 0 Å². The van der Waals surface area contributed by atoms with E-state index in [1.165, 1.54) is 0 Å². The molecule has 1 fully saturated rings. The minimum Gasteiger partial charge on any atom is -0.378 e. The Kier molecular flexibility index (Phi) is 11.1. The molecule has 0 amide bonds. The predicted molar refractivity (Wildman–Crippen MR) is 158 cm³/mol. The Hall–Kier alpha value is -2.80. The molecule has 40 heavy (non-hydrogen) atoms. The molecule has 1 N–H and O–H groups in total. The zero-order valence-corrected chi connectivity index (χ0v) is 24.7. The van der Waals surface area contributed by atoms with E-state index >= 15 is 0 Å². The van der Waals surface area contributed by atoms with Crippen LogP contribution in [0.1, 0.15) is 16.7 Å². The van der Waals surface area contributed by atoms with Gasteiger partial charge in [-0.05, 0) is 16.7 Å². The van der Waals surface area contributed by atoms with Gasteiger partial charge in [0.25, 0.3) is 0 Å². The van der Waals surface area contributed by atoms with E-state index in [-0.39, 0.29) is 0 Å². The number of methoxy groups -OCH3 is 1. The lowest BCUT2D eigenvalue weighted by molar-refractivity contribution is -0.326. The Labute approximate surface area is 239 Å². The van der Waals surface area contributed by atoms with Gasteiger partial charge in [0.1, 0.15) is 38.6 Å². The molecule has 6 atom stereocenters. The number of aliphatic hydroxyl groups excluding tert-OH is 1. The van der Waals surface area contributed by atoms with Gasteiger partial charge in [0.2, 0.25) is 0 Å². The van der Waals surface area contributed by atoms with Gasteiger partial charge in [-0.15, -0.1) is 5.54 Å². The van der Waals surface area contributed by atoms with Crippen molar-refractivity contribution < 1.29 is 28.8 Å². The molecule has 1 heterocycles. The molecule has 0 bridgehead atoms. The first-order chi connectivity index (χ1) is 19.3. The molecule has 3 aromatic rings. The summed E-state index contributed by atoms with van der Waals surface area (Å²) in [7, 11) is -0.177. The van der Waals surface area contributed by atoms with Crippen LogP contribution in [0.3, 0.4) is 0 Å². The highest BCUT2D eigenvalue weighted by atomic mass is 28.3. The molecular formula is C33H40O6Si. The summed E-state index contributed by atoms with van der Waals surface area (Å²) in [4.78, 5) is 0. The molecule has 212 valence electrons. The lowest BCUT2D eigenvalue weighted by atomic mass is 9.94. The van der Waals surface area contributed by atoms with Crippen molar-refractivity contribution in [2.75, 3.05) is 7.11 Å². The molecule has 4 rings (SSSR count). The first-order valence-corrected chi connectivity index (χ1v) is 17.2. The zero-order chi connectivity index (χ0) is 28.4. The van der Waals surface area contributed by atoms with Crippen LogP contribution in [0.4, 0.5) is 0 Å². The molecule has 6 nitrogen and oxygen atoms in total. The van der Waals surface area contributed by atoms with E-state index < -0.39 is 44.9 Å². The van der Waals surface area contributed by atoms with Crippen LogP contribution in [0.2, 0.25) is 19.6 Å². The Balaban J connectivity index is 1.66. The monoisotopic (exact) mass is 560 g/mol. The van der Waals surface area contributed by atoms with Crippen LogP contribution in [0.15, 0.2) is 91.0 Å². The third-order valence-corrected chi connectivity index (χ3v) is 7.42. The summed E-state index contributed by atoms with van der Waals surface area (Å²) in [6.45, 7) is 7.39. The number of aliphatic hydroxyl groups is 1. The van der Waals surface area contributed by atoms with E-state index in [4.69, 9.17) is 23.7 Å². The average molecular weight is 561 g/mol. The topological polar surface area (TPSA) is 66.4 Å². The molecule has 0 unspecified atom stereocenters. The summed E-state index contributed by atoms with van der Waals surface area (Å²) in [6.07, 6.45) is -4.61. The summed E-state index contributed by atoms with van der Waals surface area (Å²) in [5.74, 6) is 3.04. The molecule has 1 saturated heterocycles. The highest BCUT2D eigenvalue weighted by Crippen LogP contribution is 2.32. The fourth-order valence-corrected chi connectivity index (χ4v) is 5.09. The lowest BCUT2D eigenvalue weighted by Gasteiger charge is -2.46. The summed E-state index contributed by atoms with van der Waals surface area (Å²) < 4.78 is 31.6. The largest absolute Gasteiger partial charge is 0.378 e. The van der Waals surface area contributed by atoms with Gasteiger partial charge in [0.15, 0.2) is 6.29 Å². The first-order valence-electron chi connectivity index (χ1n) is 13.7. The van der Waals surface area contributed by atoms with Crippen LogP contribution < -0.4 is 0 Å². The second kappa shape index (κ2) is 14.7. The number of ether oxygens (including phenoxy) is 5. The SMILES string of the molecule is CO[C@H]1O[C@H]([C@@H](O)C#C[Si](C)(C)C)[C@@H](OCc2ccccc2)[C@H](OCc2ccccc2)[C@H]1OCc1ccccc1. The van der Waals surface area contributed by atoms with Crippen molar-refractivity contribution >= 4 is 8.07 Å². The average Bonchev–Trinajstić information content (AvgIpc) is 2.97. The van der Waals surface area contributed by atoms with Gasteiger partial charge in [-0.25, -0.2) is 0 Å². The molecule has 7 heteroatoms. The molecule has 1 aliphatic rings. The minimum atomic E-state index is -1.75. The second-order valence-electron chi connectivity index (χ2n) is 11.0. The zero-order valence-electron chi connectivity index (χ0n) is 23.7. The molecule has 0 saturated carbocycles. The van der Waals surface area contributed by atoms with Gasteiger partial charge in [-0.2, -0.15) is 0 Å². The van der Waals surface area contributed by atoms with E-state index in [9.17, 15) is 5.11 Å². The van der Waals surface area contributed by atoms with E-state index in [1.807, 2.05) is 91.0 Å². The molecule has 1 aliphatic heterocycles. The van der Waals surface area contributed by atoms with Crippen LogP contribution in [-0.2, 0) is 43.5 Å². The highest BCUT2D eigenvalue weighted by Gasteiger charge is 2.50. The van der Waals surface area contributed by atoms with E-state index in [0.717, 1.165) is 16.7 Å². The van der Waals surface area contributed by atoms with E-state index in [1.54, 1.807) is 7.11 Å². The predicted octanol–water partition coefficient (Wildman–Crippen LogP) is 5.36. The summed E-state index contributed by atoms with van der Waals surface area (Å²) in [5, 5.41) is 11.3. The highest BCUT2D eigenvalue weighted by molar-refractivity contribution is 6.83. The molecule has 0 spiro atoms. The van der Waals surface area contributed by atoms with Gasteiger partial charge in [-0.3, -0.25) is 0 Å². The number of rotatable bonds is 11. The van der Waals surface area contributed by atoms with Gasteiger partial charge >= 0.3 is 0 Å². The Morgan fingerprint density at radius 3 is 1.55 bits per heavy atom. The third-order valence-electron chi connectivity index (χ3n) is 6.53. The maximum Gasteiger partial charge on any atom is 0.186 e. The maximum absolute atomic E-state index is 11.3. The Morgan fingerprint density at radius 2 is 1.12 bits per heavy atom. The standard InChI is InChI=1S/C33H40O6Si/c1-35-33-32(38-24-27-18-12-7-13-19-27)31(37-23-26-16-10-6-11-17-26)30(36-22-25-14-8-5-9-15-25)29(39-33)28(34)20-21-40(2,3)4/h5-19,28-34H,22-24H2,1-4H3/t28-,29+,30+,31-,32+,33-/m0/s1. The van der Waals surface area contributed by atoms with Crippen molar-refractivity contribution in [2.24, 2.45) is 0 Å². The van der Waals surface area contributed by atoms with Crippen LogP contribution in [0.5, 0.6) is 0 Å². The van der Waals surface area contributed by atoms with Gasteiger partial charge in [0.05, 0.1) is 19.8 Å². The van der Waals surface area contributed by atoms with Crippen molar-refractivity contribution in [1.29, 1.82) is 0 Å². The van der Waals surface area contributed by atoms with Crippen LogP contribution in [0.25, 0.3) is 0 Å². The Bertz CT molecular complexity index is 1210. The fraction of sp³-hybridized carbons (Fsp3) is 0.394. The number of benzene rings is 3. The van der Waals surface area contributed by atoms with E-state index in [0.29, 0.717) is 19.8 Å². The Morgan fingerprint density at radius 1 is 0.700 bits per heavy atom. The molecule has 0 radical (unpaired) electrons.